The van der Waals surface area contributed by atoms with Crippen LogP contribution in [0.3, 0.4) is 0 Å². The summed E-state index contributed by atoms with van der Waals surface area (Å²) >= 11 is 5.92. The van der Waals surface area contributed by atoms with Crippen molar-refractivity contribution in [2.24, 2.45) is 22.9 Å². The van der Waals surface area contributed by atoms with Crippen LogP contribution in [-0.4, -0.2) is 11.8 Å². The van der Waals surface area contributed by atoms with Gasteiger partial charge in [-0.1, -0.05) is 28.9 Å². The molecule has 2 aliphatic carbocycles. The van der Waals surface area contributed by atoms with Crippen LogP contribution in [-0.2, 0) is 4.84 Å². The van der Waals surface area contributed by atoms with Crippen LogP contribution in [0.5, 0.6) is 0 Å². The third-order valence-corrected chi connectivity index (χ3v) is 4.82. The van der Waals surface area contributed by atoms with Crippen molar-refractivity contribution >= 4 is 17.3 Å². The van der Waals surface area contributed by atoms with Gasteiger partial charge in [0.2, 0.25) is 0 Å². The van der Waals surface area contributed by atoms with Crippen molar-refractivity contribution in [2.75, 3.05) is 0 Å². The van der Waals surface area contributed by atoms with E-state index in [1.54, 1.807) is 0 Å². The van der Waals surface area contributed by atoms with E-state index < -0.39 is 0 Å². The van der Waals surface area contributed by atoms with Crippen molar-refractivity contribution in [2.45, 2.75) is 25.4 Å². The molecule has 17 heavy (non-hydrogen) atoms. The van der Waals surface area contributed by atoms with Gasteiger partial charge in [-0.25, -0.2) is 0 Å². The number of hydrogen-bond donors (Lipinski definition) is 0. The van der Waals surface area contributed by atoms with Gasteiger partial charge in [0.25, 0.3) is 0 Å². The summed E-state index contributed by atoms with van der Waals surface area (Å²) in [5.41, 5.74) is 2.33. The molecule has 1 aromatic carbocycles. The molecule has 0 saturated heterocycles. The van der Waals surface area contributed by atoms with E-state index in [1.807, 2.05) is 12.1 Å². The molecule has 2 fully saturated rings. The Morgan fingerprint density at radius 1 is 1.12 bits per heavy atom. The minimum Gasteiger partial charge on any atom is -0.391 e. The maximum absolute atomic E-state index is 5.92. The van der Waals surface area contributed by atoms with Gasteiger partial charge < -0.3 is 4.84 Å². The number of halogens is 1. The molecule has 1 aliphatic heterocycles. The molecule has 2 nitrogen and oxygen atoms in total. The Labute approximate surface area is 106 Å². The standard InChI is InChI=1S/C14H14ClNO/c15-11-5-3-8(4-6-11)13-12-9-1-2-10(7-9)14(12)17-16-13/h3-6,9-10,12,14H,1-2,7H2. The minimum atomic E-state index is 0.361. The first-order valence-corrected chi connectivity index (χ1v) is 6.70. The zero-order chi connectivity index (χ0) is 11.4. The summed E-state index contributed by atoms with van der Waals surface area (Å²) in [6, 6.07) is 7.97. The summed E-state index contributed by atoms with van der Waals surface area (Å²) in [5, 5.41) is 5.11. The molecule has 1 heterocycles. The van der Waals surface area contributed by atoms with Crippen molar-refractivity contribution in [3.8, 4) is 0 Å². The normalized spacial score (nSPS) is 37.8. The van der Waals surface area contributed by atoms with E-state index in [4.69, 9.17) is 16.4 Å². The molecule has 0 N–H and O–H groups in total. The summed E-state index contributed by atoms with van der Waals surface area (Å²) in [6.45, 7) is 0. The highest BCUT2D eigenvalue weighted by atomic mass is 35.5. The predicted octanol–water partition coefficient (Wildman–Crippen LogP) is 3.49. The number of benzene rings is 1. The fraction of sp³-hybridized carbons (Fsp3) is 0.500. The second-order valence-electron chi connectivity index (χ2n) is 5.41. The van der Waals surface area contributed by atoms with E-state index in [0.717, 1.165) is 22.6 Å². The molecule has 3 heteroatoms. The van der Waals surface area contributed by atoms with Crippen molar-refractivity contribution < 1.29 is 4.84 Å². The Morgan fingerprint density at radius 2 is 1.88 bits per heavy atom. The van der Waals surface area contributed by atoms with Gasteiger partial charge in [-0.2, -0.15) is 0 Å². The largest absolute Gasteiger partial charge is 0.391 e. The molecule has 3 aliphatic rings. The summed E-state index contributed by atoms with van der Waals surface area (Å²) < 4.78 is 0. The molecule has 0 aromatic heterocycles. The maximum Gasteiger partial charge on any atom is 0.139 e. The summed E-state index contributed by atoms with van der Waals surface area (Å²) in [4.78, 5) is 5.66. The SMILES string of the molecule is Clc1ccc(C2=NOC3C4CCC(C4)C23)cc1. The second-order valence-corrected chi connectivity index (χ2v) is 5.85. The molecule has 0 radical (unpaired) electrons. The lowest BCUT2D eigenvalue weighted by molar-refractivity contribution is 0.0275. The Hall–Kier alpha value is -1.02. The lowest BCUT2D eigenvalue weighted by Crippen LogP contribution is -2.29. The van der Waals surface area contributed by atoms with Gasteiger partial charge in [0.05, 0.1) is 5.71 Å². The minimum absolute atomic E-state index is 0.361. The van der Waals surface area contributed by atoms with Crippen molar-refractivity contribution in [1.29, 1.82) is 0 Å². The first-order valence-electron chi connectivity index (χ1n) is 6.32. The van der Waals surface area contributed by atoms with Crippen molar-refractivity contribution in [3.05, 3.63) is 34.9 Å². The topological polar surface area (TPSA) is 21.6 Å². The first kappa shape index (κ1) is 9.95. The Balaban J connectivity index is 1.69. The lowest BCUT2D eigenvalue weighted by Gasteiger charge is -2.23. The van der Waals surface area contributed by atoms with Crippen LogP contribution in [0.4, 0.5) is 0 Å². The van der Waals surface area contributed by atoms with E-state index >= 15 is 0 Å². The zero-order valence-corrected chi connectivity index (χ0v) is 10.2. The molecular formula is C14H14ClNO. The first-order chi connectivity index (χ1) is 8.33. The summed E-state index contributed by atoms with van der Waals surface area (Å²) in [5.74, 6) is 2.08. The van der Waals surface area contributed by atoms with Gasteiger partial charge in [-0.3, -0.25) is 0 Å². The molecule has 4 unspecified atom stereocenters. The number of fused-ring (bicyclic) bond motifs is 5. The van der Waals surface area contributed by atoms with Gasteiger partial charge in [-0.05, 0) is 48.8 Å². The summed E-state index contributed by atoms with van der Waals surface area (Å²) in [7, 11) is 0. The van der Waals surface area contributed by atoms with Gasteiger partial charge >= 0.3 is 0 Å². The van der Waals surface area contributed by atoms with Crippen LogP contribution in [0.15, 0.2) is 29.4 Å². The molecule has 1 aromatic rings. The molecule has 0 amide bonds. The zero-order valence-electron chi connectivity index (χ0n) is 9.47. The van der Waals surface area contributed by atoms with E-state index in [1.165, 1.54) is 24.8 Å². The highest BCUT2D eigenvalue weighted by molar-refractivity contribution is 6.30. The monoisotopic (exact) mass is 247 g/mol. The summed E-state index contributed by atoms with van der Waals surface area (Å²) in [6.07, 6.45) is 4.37. The molecule has 4 rings (SSSR count). The van der Waals surface area contributed by atoms with Crippen LogP contribution < -0.4 is 0 Å². The van der Waals surface area contributed by atoms with Gasteiger partial charge in [0.1, 0.15) is 6.10 Å². The Bertz CT molecular complexity index is 482. The molecule has 0 spiro atoms. The van der Waals surface area contributed by atoms with Crippen molar-refractivity contribution in [1.82, 2.24) is 0 Å². The molecule has 4 atom stereocenters. The number of rotatable bonds is 1. The van der Waals surface area contributed by atoms with Gasteiger partial charge in [-0.15, -0.1) is 0 Å². The quantitative estimate of drug-likeness (QED) is 0.745. The Kier molecular flexibility index (Phi) is 2.04. The highest BCUT2D eigenvalue weighted by Gasteiger charge is 2.54. The number of oxime groups is 1. The lowest BCUT2D eigenvalue weighted by atomic mass is 9.81. The number of hydrogen-bond acceptors (Lipinski definition) is 2. The van der Waals surface area contributed by atoms with Crippen LogP contribution in [0.1, 0.15) is 24.8 Å². The average Bonchev–Trinajstić information content (AvgIpc) is 3.02. The van der Waals surface area contributed by atoms with Crippen molar-refractivity contribution in [3.63, 3.8) is 0 Å². The average molecular weight is 248 g/mol. The third-order valence-electron chi connectivity index (χ3n) is 4.57. The highest BCUT2D eigenvalue weighted by Crippen LogP contribution is 2.53. The second kappa shape index (κ2) is 3.49. The van der Waals surface area contributed by atoms with E-state index in [-0.39, 0.29) is 0 Å². The van der Waals surface area contributed by atoms with E-state index in [2.05, 4.69) is 17.3 Å². The molecule has 2 bridgehead atoms. The number of nitrogens with zero attached hydrogens (tertiary/aromatic N) is 1. The fourth-order valence-corrected chi connectivity index (χ4v) is 3.94. The van der Waals surface area contributed by atoms with Gasteiger partial charge in [0, 0.05) is 10.9 Å². The van der Waals surface area contributed by atoms with Gasteiger partial charge in [0.15, 0.2) is 0 Å². The predicted molar refractivity (Wildman–Crippen MR) is 67.2 cm³/mol. The van der Waals surface area contributed by atoms with E-state index in [9.17, 15) is 0 Å². The molecule has 2 saturated carbocycles. The van der Waals surface area contributed by atoms with Crippen LogP contribution in [0, 0.1) is 17.8 Å². The van der Waals surface area contributed by atoms with Crippen LogP contribution in [0.25, 0.3) is 0 Å². The third kappa shape index (κ3) is 1.37. The smallest absolute Gasteiger partial charge is 0.139 e. The Morgan fingerprint density at radius 3 is 2.71 bits per heavy atom. The molecular weight excluding hydrogens is 234 g/mol. The molecule has 88 valence electrons. The van der Waals surface area contributed by atoms with Crippen LogP contribution in [0.2, 0.25) is 5.02 Å². The van der Waals surface area contributed by atoms with Crippen LogP contribution >= 0.6 is 11.6 Å². The maximum atomic E-state index is 5.92. The van der Waals surface area contributed by atoms with E-state index in [0.29, 0.717) is 12.0 Å². The fourth-order valence-electron chi connectivity index (χ4n) is 3.81.